The molecule has 0 bridgehead atoms. The van der Waals surface area contributed by atoms with E-state index in [9.17, 15) is 12.8 Å². The van der Waals surface area contributed by atoms with E-state index in [1.54, 1.807) is 19.1 Å². The first kappa shape index (κ1) is 16.1. The van der Waals surface area contributed by atoms with Crippen LogP contribution >= 0.6 is 22.3 Å². The van der Waals surface area contributed by atoms with Crippen LogP contribution in [0, 0.1) is 12.7 Å². The molecule has 0 unspecified atom stereocenters. The molecule has 7 heteroatoms. The number of ether oxygens (including phenoxy) is 1. The summed E-state index contributed by atoms with van der Waals surface area (Å²) in [6, 6.07) is 9.05. The van der Waals surface area contributed by atoms with Gasteiger partial charge in [0, 0.05) is 16.2 Å². The second kappa shape index (κ2) is 6.22. The van der Waals surface area contributed by atoms with Gasteiger partial charge in [0.05, 0.1) is 5.02 Å². The van der Waals surface area contributed by atoms with Gasteiger partial charge in [0.15, 0.2) is 0 Å². The van der Waals surface area contributed by atoms with Crippen LogP contribution in [0.5, 0.6) is 5.75 Å². The molecule has 0 aliphatic carbocycles. The predicted octanol–water partition coefficient (Wildman–Crippen LogP) is 4.29. The van der Waals surface area contributed by atoms with Gasteiger partial charge in [-0.25, -0.2) is 12.8 Å². The molecule has 2 rings (SSSR count). The van der Waals surface area contributed by atoms with Crippen molar-refractivity contribution in [3.63, 3.8) is 0 Å². The summed E-state index contributed by atoms with van der Waals surface area (Å²) in [6.07, 6.45) is 0. The van der Waals surface area contributed by atoms with Crippen LogP contribution in [0.25, 0.3) is 0 Å². The second-order valence-corrected chi connectivity index (χ2v) is 7.33. The molecule has 0 aliphatic rings. The zero-order valence-corrected chi connectivity index (χ0v) is 13.3. The van der Waals surface area contributed by atoms with E-state index >= 15 is 0 Å². The molecular formula is C14H11Cl2FO3S. The van der Waals surface area contributed by atoms with Crippen molar-refractivity contribution in [2.45, 2.75) is 18.4 Å². The lowest BCUT2D eigenvalue weighted by molar-refractivity contribution is 0.292. The Kier molecular flexibility index (Phi) is 4.76. The average molecular weight is 349 g/mol. The van der Waals surface area contributed by atoms with Gasteiger partial charge in [-0.15, -0.1) is 0 Å². The largest absolute Gasteiger partial charge is 0.487 e. The van der Waals surface area contributed by atoms with Gasteiger partial charge in [-0.3, -0.25) is 0 Å². The van der Waals surface area contributed by atoms with Crippen LogP contribution in [0.2, 0.25) is 5.02 Å². The van der Waals surface area contributed by atoms with Crippen molar-refractivity contribution in [2.75, 3.05) is 0 Å². The van der Waals surface area contributed by atoms with E-state index in [1.807, 2.05) is 0 Å². The SMILES string of the molecule is Cc1ccc(OCc2cccc(Cl)c2F)c(S(=O)(=O)Cl)c1. The molecular weight excluding hydrogens is 338 g/mol. The molecule has 0 aliphatic heterocycles. The molecule has 0 atom stereocenters. The molecule has 0 spiro atoms. The summed E-state index contributed by atoms with van der Waals surface area (Å²) in [5.74, 6) is -0.531. The molecule has 0 heterocycles. The van der Waals surface area contributed by atoms with Crippen molar-refractivity contribution in [1.82, 2.24) is 0 Å². The first-order valence-electron chi connectivity index (χ1n) is 5.90. The molecule has 0 aromatic heterocycles. The third kappa shape index (κ3) is 3.87. The number of halogens is 3. The van der Waals surface area contributed by atoms with Crippen molar-refractivity contribution < 1.29 is 17.5 Å². The lowest BCUT2D eigenvalue weighted by atomic mass is 10.2. The van der Waals surface area contributed by atoms with E-state index in [1.165, 1.54) is 24.3 Å². The monoisotopic (exact) mass is 348 g/mol. The number of aryl methyl sites for hydroxylation is 1. The Labute approximate surface area is 131 Å². The quantitative estimate of drug-likeness (QED) is 0.774. The average Bonchev–Trinajstić information content (AvgIpc) is 2.40. The Bertz CT molecular complexity index is 776. The fourth-order valence-electron chi connectivity index (χ4n) is 1.74. The normalized spacial score (nSPS) is 11.4. The minimum Gasteiger partial charge on any atom is -0.487 e. The highest BCUT2D eigenvalue weighted by molar-refractivity contribution is 8.13. The number of benzene rings is 2. The summed E-state index contributed by atoms with van der Waals surface area (Å²) >= 11 is 5.67. The van der Waals surface area contributed by atoms with Crippen LogP contribution in [-0.4, -0.2) is 8.42 Å². The van der Waals surface area contributed by atoms with E-state index in [4.69, 9.17) is 27.0 Å². The van der Waals surface area contributed by atoms with Gasteiger partial charge < -0.3 is 4.74 Å². The molecule has 0 saturated heterocycles. The smallest absolute Gasteiger partial charge is 0.264 e. The van der Waals surface area contributed by atoms with Crippen LogP contribution in [0.15, 0.2) is 41.3 Å². The van der Waals surface area contributed by atoms with Crippen LogP contribution < -0.4 is 4.74 Å². The lowest BCUT2D eigenvalue weighted by Gasteiger charge is -2.11. The van der Waals surface area contributed by atoms with Crippen LogP contribution in [0.3, 0.4) is 0 Å². The third-order valence-electron chi connectivity index (χ3n) is 2.78. The Hall–Kier alpha value is -1.30. The van der Waals surface area contributed by atoms with Crippen molar-refractivity contribution >= 4 is 31.3 Å². The summed E-state index contributed by atoms with van der Waals surface area (Å²) < 4.78 is 42.2. The summed E-state index contributed by atoms with van der Waals surface area (Å²) in [5, 5.41) is -0.0230. The molecule has 0 amide bonds. The van der Waals surface area contributed by atoms with E-state index < -0.39 is 14.9 Å². The molecule has 112 valence electrons. The van der Waals surface area contributed by atoms with E-state index in [0.717, 1.165) is 5.56 Å². The highest BCUT2D eigenvalue weighted by atomic mass is 35.7. The minimum atomic E-state index is -3.95. The second-order valence-electron chi connectivity index (χ2n) is 4.39. The van der Waals surface area contributed by atoms with E-state index in [2.05, 4.69) is 0 Å². The first-order valence-corrected chi connectivity index (χ1v) is 8.59. The standard InChI is InChI=1S/C14H11Cl2FO3S/c1-9-5-6-12(13(7-9)21(16,18)19)20-8-10-3-2-4-11(15)14(10)17/h2-7H,8H2,1H3. The number of hydrogen-bond acceptors (Lipinski definition) is 3. The molecule has 2 aromatic rings. The molecule has 0 saturated carbocycles. The summed E-state index contributed by atoms with van der Waals surface area (Å²) in [4.78, 5) is -0.147. The Morgan fingerprint density at radius 1 is 1.24 bits per heavy atom. The van der Waals surface area contributed by atoms with Crippen LogP contribution in [0.1, 0.15) is 11.1 Å². The Morgan fingerprint density at radius 3 is 2.62 bits per heavy atom. The Morgan fingerprint density at radius 2 is 1.95 bits per heavy atom. The van der Waals surface area contributed by atoms with Crippen molar-refractivity contribution in [3.8, 4) is 5.75 Å². The minimum absolute atomic E-state index is 0.0230. The van der Waals surface area contributed by atoms with Gasteiger partial charge in [0.1, 0.15) is 23.1 Å². The van der Waals surface area contributed by atoms with E-state index in [-0.39, 0.29) is 27.8 Å². The van der Waals surface area contributed by atoms with Gasteiger partial charge in [-0.2, -0.15) is 0 Å². The Balaban J connectivity index is 2.31. The zero-order valence-electron chi connectivity index (χ0n) is 10.9. The van der Waals surface area contributed by atoms with Crippen molar-refractivity contribution in [1.29, 1.82) is 0 Å². The molecule has 0 fully saturated rings. The fraction of sp³-hybridized carbons (Fsp3) is 0.143. The maximum absolute atomic E-state index is 13.7. The molecule has 0 radical (unpaired) electrons. The maximum atomic E-state index is 13.7. The molecule has 21 heavy (non-hydrogen) atoms. The van der Waals surface area contributed by atoms with Gasteiger partial charge in [0.2, 0.25) is 0 Å². The molecule has 0 N–H and O–H groups in total. The number of rotatable bonds is 4. The summed E-state index contributed by atoms with van der Waals surface area (Å²) in [6.45, 7) is 1.57. The summed E-state index contributed by atoms with van der Waals surface area (Å²) in [7, 11) is 1.42. The fourth-order valence-corrected chi connectivity index (χ4v) is 2.99. The number of hydrogen-bond donors (Lipinski definition) is 0. The highest BCUT2D eigenvalue weighted by Gasteiger charge is 2.18. The van der Waals surface area contributed by atoms with Crippen LogP contribution in [0.4, 0.5) is 4.39 Å². The zero-order chi connectivity index (χ0) is 15.6. The molecule has 2 aromatic carbocycles. The first-order chi connectivity index (χ1) is 9.79. The van der Waals surface area contributed by atoms with Crippen molar-refractivity contribution in [2.24, 2.45) is 0 Å². The van der Waals surface area contributed by atoms with Gasteiger partial charge >= 0.3 is 0 Å². The topological polar surface area (TPSA) is 43.4 Å². The van der Waals surface area contributed by atoms with Crippen LogP contribution in [-0.2, 0) is 15.7 Å². The van der Waals surface area contributed by atoms with Crippen molar-refractivity contribution in [3.05, 3.63) is 58.4 Å². The van der Waals surface area contributed by atoms with Gasteiger partial charge in [-0.05, 0) is 30.7 Å². The third-order valence-corrected chi connectivity index (χ3v) is 4.41. The predicted molar refractivity (Wildman–Crippen MR) is 80.0 cm³/mol. The lowest BCUT2D eigenvalue weighted by Crippen LogP contribution is -2.03. The van der Waals surface area contributed by atoms with Gasteiger partial charge in [-0.1, -0.05) is 29.8 Å². The van der Waals surface area contributed by atoms with Gasteiger partial charge in [0.25, 0.3) is 9.05 Å². The molecule has 3 nitrogen and oxygen atoms in total. The highest BCUT2D eigenvalue weighted by Crippen LogP contribution is 2.29. The van der Waals surface area contributed by atoms with E-state index in [0.29, 0.717) is 0 Å². The summed E-state index contributed by atoms with van der Waals surface area (Å²) in [5.41, 5.74) is 0.941. The maximum Gasteiger partial charge on any atom is 0.264 e.